The molecular weight excluding hydrogens is 384 g/mol. The Hall–Kier alpha value is 0.862. The van der Waals surface area contributed by atoms with Crippen molar-refractivity contribution in [3.63, 3.8) is 0 Å². The van der Waals surface area contributed by atoms with E-state index in [1.165, 1.54) is 0 Å². The zero-order valence-electron chi connectivity index (χ0n) is 11.3. The van der Waals surface area contributed by atoms with Gasteiger partial charge in [-0.1, -0.05) is 0 Å². The second-order valence-electron chi connectivity index (χ2n) is 3.29. The molecule has 22 heavy (non-hydrogen) atoms. The van der Waals surface area contributed by atoms with Crippen molar-refractivity contribution >= 4 is 39.5 Å². The van der Waals surface area contributed by atoms with Crippen LogP contribution in [0.3, 0.4) is 0 Å². The van der Waals surface area contributed by atoms with Crippen molar-refractivity contribution in [3.8, 4) is 0 Å². The van der Waals surface area contributed by atoms with Gasteiger partial charge in [-0.15, -0.1) is 0 Å². The summed E-state index contributed by atoms with van der Waals surface area (Å²) in [6.45, 7) is 0. The van der Waals surface area contributed by atoms with Gasteiger partial charge in [-0.25, -0.2) is 0 Å². The zero-order chi connectivity index (χ0) is 17.7. The molecule has 0 aromatic heterocycles. The molecule has 0 aliphatic carbocycles. The Kier molecular flexibility index (Phi) is 21.5. The minimum Gasteiger partial charge on any atom is -0.796 e. The van der Waals surface area contributed by atoms with E-state index in [9.17, 15) is 28.4 Å². The molecule has 0 aliphatic rings. The van der Waals surface area contributed by atoms with Crippen LogP contribution in [0.4, 0.5) is 0 Å². The third-order valence-corrected chi connectivity index (χ3v) is 3.88. The Balaban J connectivity index is -0.000000108. The number of aliphatic hydroxyl groups excluding tert-OH is 6. The molecule has 132 valence electrons. The monoisotopic (exact) mass is 402 g/mol. The maximum atomic E-state index is 9.90. The second-order valence-corrected chi connectivity index (χ2v) is 9.88. The Labute approximate surface area is 137 Å². The maximum absolute atomic E-state index is 9.90. The molecule has 12 nitrogen and oxygen atoms in total. The van der Waals surface area contributed by atoms with E-state index < -0.39 is 60.2 Å². The van der Waals surface area contributed by atoms with Crippen molar-refractivity contribution in [3.05, 3.63) is 0 Å². The summed E-state index contributed by atoms with van der Waals surface area (Å²) in [5.74, 6) is 0. The number of hydrogen-bond donors (Lipinski definition) is 6. The summed E-state index contributed by atoms with van der Waals surface area (Å²) in [6.07, 6.45) is -5.73. The molecule has 0 radical (unpaired) electrons. The third kappa shape index (κ3) is 23.1. The maximum Gasteiger partial charge on any atom is 3.00 e. The summed E-state index contributed by atoms with van der Waals surface area (Å²) < 4.78 is 29.7. The molecular formula is C6H18AlO12P3. The zero-order valence-corrected chi connectivity index (χ0v) is 15.1. The number of hydrogen-bond acceptors (Lipinski definition) is 12. The molecule has 0 aliphatic heterocycles. The smallest absolute Gasteiger partial charge is 0.796 e. The topological polar surface area (TPSA) is 242 Å². The van der Waals surface area contributed by atoms with Gasteiger partial charge in [0.1, 0.15) is 0 Å². The quantitative estimate of drug-likeness (QED) is 0.181. The summed E-state index contributed by atoms with van der Waals surface area (Å²) in [7, 11) is -11.4. The van der Waals surface area contributed by atoms with Crippen LogP contribution in [0.15, 0.2) is 0 Å². The average molecular weight is 402 g/mol. The minimum absolute atomic E-state index is 0. The van der Waals surface area contributed by atoms with Gasteiger partial charge in [0.05, 0.1) is 60.2 Å². The Morgan fingerprint density at radius 3 is 0.591 bits per heavy atom. The van der Waals surface area contributed by atoms with Crippen LogP contribution in [0.2, 0.25) is 0 Å². The van der Waals surface area contributed by atoms with Crippen molar-refractivity contribution in [2.24, 2.45) is 0 Å². The van der Waals surface area contributed by atoms with Crippen molar-refractivity contribution in [2.45, 2.75) is 0 Å². The summed E-state index contributed by atoms with van der Waals surface area (Å²) in [4.78, 5) is 29.7. The van der Waals surface area contributed by atoms with E-state index in [1.54, 1.807) is 0 Å². The first-order valence-electron chi connectivity index (χ1n) is 4.89. The summed E-state index contributed by atoms with van der Waals surface area (Å²) in [5.41, 5.74) is 0. The van der Waals surface area contributed by atoms with Crippen LogP contribution in [0.5, 0.6) is 0 Å². The van der Waals surface area contributed by atoms with Gasteiger partial charge in [-0.3, -0.25) is 0 Å². The minimum atomic E-state index is -3.79. The first-order valence-corrected chi connectivity index (χ1v) is 10.9. The molecule has 0 bridgehead atoms. The van der Waals surface area contributed by atoms with Crippen LogP contribution in [-0.4, -0.2) is 86.1 Å². The van der Waals surface area contributed by atoms with Crippen LogP contribution in [0.1, 0.15) is 0 Å². The standard InChI is InChI=1S/3C2H7O4P.Al/c3*3-1-7(5,6)2-4;/h3*3-4H,1-2H2,(H,5,6);/q;;;+3/p-3. The largest absolute Gasteiger partial charge is 3.00 e. The van der Waals surface area contributed by atoms with Crippen molar-refractivity contribution < 1.29 is 59.0 Å². The van der Waals surface area contributed by atoms with Gasteiger partial charge < -0.3 is 59.0 Å². The van der Waals surface area contributed by atoms with Gasteiger partial charge in [-0.05, 0) is 0 Å². The fourth-order valence-electron chi connectivity index (χ4n) is 0.134. The van der Waals surface area contributed by atoms with Gasteiger partial charge in [0, 0.05) is 0 Å². The molecule has 0 atom stereocenters. The molecule has 0 aromatic carbocycles. The van der Waals surface area contributed by atoms with E-state index in [4.69, 9.17) is 30.6 Å². The van der Waals surface area contributed by atoms with Crippen LogP contribution in [-0.2, 0) is 13.7 Å². The Morgan fingerprint density at radius 2 is 0.591 bits per heavy atom. The van der Waals surface area contributed by atoms with Crippen LogP contribution in [0, 0.1) is 0 Å². The van der Waals surface area contributed by atoms with Crippen LogP contribution < -0.4 is 14.7 Å². The van der Waals surface area contributed by atoms with Gasteiger partial charge in [0.2, 0.25) is 0 Å². The molecule has 0 saturated heterocycles. The second kappa shape index (κ2) is 15.4. The van der Waals surface area contributed by atoms with E-state index in [1.807, 2.05) is 0 Å². The van der Waals surface area contributed by atoms with Crippen LogP contribution >= 0.6 is 22.1 Å². The molecule has 0 heterocycles. The van der Waals surface area contributed by atoms with Crippen molar-refractivity contribution in [2.75, 3.05) is 38.1 Å². The van der Waals surface area contributed by atoms with E-state index >= 15 is 0 Å². The number of rotatable bonds is 6. The fraction of sp³-hybridized carbons (Fsp3) is 1.00. The SMILES string of the molecule is O=P([O-])(CO)CO.O=P([O-])(CO)CO.O=P([O-])(CO)CO.[Al+3]. The molecule has 0 rings (SSSR count). The van der Waals surface area contributed by atoms with Crippen molar-refractivity contribution in [1.29, 1.82) is 0 Å². The van der Waals surface area contributed by atoms with E-state index in [0.29, 0.717) is 0 Å². The molecule has 6 N–H and O–H groups in total. The summed E-state index contributed by atoms with van der Waals surface area (Å²) in [5, 5.41) is 47.2. The molecule has 0 fully saturated rings. The first kappa shape index (κ1) is 30.7. The van der Waals surface area contributed by atoms with E-state index in [-0.39, 0.29) is 17.4 Å². The van der Waals surface area contributed by atoms with Gasteiger partial charge in [0.15, 0.2) is 0 Å². The predicted octanol–water partition coefficient (Wildman–Crippen LogP) is -4.81. The Bertz CT molecular complexity index is 308. The van der Waals surface area contributed by atoms with Gasteiger partial charge >= 0.3 is 17.4 Å². The Morgan fingerprint density at radius 1 is 0.500 bits per heavy atom. The van der Waals surface area contributed by atoms with Crippen molar-refractivity contribution in [1.82, 2.24) is 0 Å². The average Bonchev–Trinajstić information content (AvgIpc) is 2.48. The molecule has 0 saturated carbocycles. The van der Waals surface area contributed by atoms with E-state index in [2.05, 4.69) is 0 Å². The number of aliphatic hydroxyl groups is 6. The molecule has 0 amide bonds. The molecule has 16 heteroatoms. The summed E-state index contributed by atoms with van der Waals surface area (Å²) >= 11 is 0. The predicted molar refractivity (Wildman–Crippen MR) is 71.1 cm³/mol. The molecule has 0 aromatic rings. The summed E-state index contributed by atoms with van der Waals surface area (Å²) in [6, 6.07) is 0. The van der Waals surface area contributed by atoms with Gasteiger partial charge in [0.25, 0.3) is 0 Å². The third-order valence-electron chi connectivity index (χ3n) is 1.29. The first-order chi connectivity index (χ1) is 9.36. The normalized spacial score (nSPS) is 11.3. The molecule has 0 spiro atoms. The van der Waals surface area contributed by atoms with Crippen LogP contribution in [0.25, 0.3) is 0 Å². The van der Waals surface area contributed by atoms with E-state index in [0.717, 1.165) is 0 Å². The fourth-order valence-corrected chi connectivity index (χ4v) is 0.402. The van der Waals surface area contributed by atoms with Gasteiger partial charge in [-0.2, -0.15) is 0 Å². The molecule has 0 unspecified atom stereocenters.